The minimum absolute atomic E-state index is 0.255. The molecule has 1 aliphatic carbocycles. The number of carbonyl (C=O) groups excluding carboxylic acids is 1. The Bertz CT molecular complexity index is 272. The number of carbonyl (C=O) groups is 1. The van der Waals surface area contributed by atoms with Crippen molar-refractivity contribution >= 4 is 5.91 Å². The standard InChI is InChI=1S/C14H27N3O/c1-2-7-17(12-5-6-12)13(11-15)10-14(18)16-8-3-4-9-16/h12-13H,2-11,15H2,1H3. The first-order valence-corrected chi connectivity index (χ1v) is 7.49. The second-order valence-electron chi connectivity index (χ2n) is 5.65. The van der Waals surface area contributed by atoms with Crippen molar-refractivity contribution in [1.82, 2.24) is 9.80 Å². The van der Waals surface area contributed by atoms with Gasteiger partial charge in [0.2, 0.25) is 5.91 Å². The molecule has 4 heteroatoms. The molecule has 0 aromatic rings. The first-order chi connectivity index (χ1) is 8.76. The molecule has 0 bridgehead atoms. The van der Waals surface area contributed by atoms with Crippen LogP contribution in [-0.4, -0.2) is 54.0 Å². The number of likely N-dealkylation sites (tertiary alicyclic amines) is 1. The Hall–Kier alpha value is -0.610. The van der Waals surface area contributed by atoms with Crippen LogP contribution in [0.15, 0.2) is 0 Å². The van der Waals surface area contributed by atoms with Crippen LogP contribution in [0.3, 0.4) is 0 Å². The maximum atomic E-state index is 12.2. The number of nitrogens with two attached hydrogens (primary N) is 1. The van der Waals surface area contributed by atoms with Gasteiger partial charge >= 0.3 is 0 Å². The van der Waals surface area contributed by atoms with Gasteiger partial charge in [-0.2, -0.15) is 0 Å². The molecular formula is C14H27N3O. The molecule has 2 fully saturated rings. The molecule has 0 spiro atoms. The Morgan fingerprint density at radius 2 is 2.06 bits per heavy atom. The minimum atomic E-state index is 0.255. The van der Waals surface area contributed by atoms with Gasteiger partial charge in [-0.3, -0.25) is 9.69 Å². The predicted molar refractivity (Wildman–Crippen MR) is 73.3 cm³/mol. The van der Waals surface area contributed by atoms with Crippen LogP contribution in [0.2, 0.25) is 0 Å². The molecule has 1 heterocycles. The topological polar surface area (TPSA) is 49.6 Å². The molecule has 1 amide bonds. The zero-order valence-electron chi connectivity index (χ0n) is 11.6. The highest BCUT2D eigenvalue weighted by atomic mass is 16.2. The van der Waals surface area contributed by atoms with E-state index in [2.05, 4.69) is 11.8 Å². The van der Waals surface area contributed by atoms with Gasteiger partial charge in [-0.15, -0.1) is 0 Å². The summed E-state index contributed by atoms with van der Waals surface area (Å²) in [6.45, 7) is 5.79. The SMILES string of the molecule is CCCN(C1CC1)C(CN)CC(=O)N1CCCC1. The molecule has 1 aliphatic heterocycles. The summed E-state index contributed by atoms with van der Waals surface area (Å²) in [6.07, 6.45) is 6.67. The molecular weight excluding hydrogens is 226 g/mol. The lowest BCUT2D eigenvalue weighted by atomic mass is 10.1. The molecule has 2 aliphatic rings. The lowest BCUT2D eigenvalue weighted by molar-refractivity contribution is -0.131. The first kappa shape index (κ1) is 13.8. The number of amides is 1. The largest absolute Gasteiger partial charge is 0.343 e. The van der Waals surface area contributed by atoms with Crippen molar-refractivity contribution in [1.29, 1.82) is 0 Å². The highest BCUT2D eigenvalue weighted by Crippen LogP contribution is 2.29. The summed E-state index contributed by atoms with van der Waals surface area (Å²) >= 11 is 0. The zero-order chi connectivity index (χ0) is 13.0. The van der Waals surface area contributed by atoms with Gasteiger partial charge in [-0.05, 0) is 38.6 Å². The van der Waals surface area contributed by atoms with Gasteiger partial charge < -0.3 is 10.6 Å². The van der Waals surface area contributed by atoms with Crippen LogP contribution >= 0.6 is 0 Å². The first-order valence-electron chi connectivity index (χ1n) is 7.49. The molecule has 2 N–H and O–H groups in total. The lowest BCUT2D eigenvalue weighted by Crippen LogP contribution is -2.45. The maximum absolute atomic E-state index is 12.2. The molecule has 104 valence electrons. The van der Waals surface area contributed by atoms with Crippen LogP contribution in [0.5, 0.6) is 0 Å². The third-order valence-corrected chi connectivity index (χ3v) is 4.11. The Balaban J connectivity index is 1.87. The van der Waals surface area contributed by atoms with E-state index >= 15 is 0 Å². The predicted octanol–water partition coefficient (Wildman–Crippen LogP) is 1.20. The molecule has 18 heavy (non-hydrogen) atoms. The van der Waals surface area contributed by atoms with E-state index in [1.54, 1.807) is 0 Å². The van der Waals surface area contributed by atoms with Crippen molar-refractivity contribution in [3.8, 4) is 0 Å². The fourth-order valence-electron chi connectivity index (χ4n) is 2.96. The second kappa shape index (κ2) is 6.53. The summed E-state index contributed by atoms with van der Waals surface area (Å²) in [5.74, 6) is 0.310. The van der Waals surface area contributed by atoms with Gasteiger partial charge in [0, 0.05) is 38.1 Å². The summed E-state index contributed by atoms with van der Waals surface area (Å²) in [5, 5.41) is 0. The van der Waals surface area contributed by atoms with Gasteiger partial charge in [0.05, 0.1) is 0 Å². The Kier molecular flexibility index (Phi) is 5.01. The number of rotatable bonds is 7. The zero-order valence-corrected chi connectivity index (χ0v) is 11.6. The summed E-state index contributed by atoms with van der Waals surface area (Å²) < 4.78 is 0. The monoisotopic (exact) mass is 253 g/mol. The number of hydrogen-bond donors (Lipinski definition) is 1. The summed E-state index contributed by atoms with van der Waals surface area (Å²) in [6, 6.07) is 0.954. The molecule has 1 saturated heterocycles. The van der Waals surface area contributed by atoms with Crippen LogP contribution in [0.4, 0.5) is 0 Å². The summed E-state index contributed by atoms with van der Waals surface area (Å²) in [5.41, 5.74) is 5.90. The molecule has 0 radical (unpaired) electrons. The van der Waals surface area contributed by atoms with Crippen LogP contribution in [0.1, 0.15) is 45.4 Å². The quantitative estimate of drug-likeness (QED) is 0.742. The summed E-state index contributed by atoms with van der Waals surface area (Å²) in [7, 11) is 0. The van der Waals surface area contributed by atoms with E-state index in [1.165, 1.54) is 25.7 Å². The van der Waals surface area contributed by atoms with E-state index in [-0.39, 0.29) is 6.04 Å². The van der Waals surface area contributed by atoms with Crippen molar-refractivity contribution in [3.05, 3.63) is 0 Å². The molecule has 0 aromatic heterocycles. The molecule has 0 aromatic carbocycles. The second-order valence-corrected chi connectivity index (χ2v) is 5.65. The third-order valence-electron chi connectivity index (χ3n) is 4.11. The van der Waals surface area contributed by atoms with Crippen molar-refractivity contribution in [3.63, 3.8) is 0 Å². The lowest BCUT2D eigenvalue weighted by Gasteiger charge is -2.31. The Morgan fingerprint density at radius 1 is 1.39 bits per heavy atom. The smallest absolute Gasteiger partial charge is 0.224 e. The van der Waals surface area contributed by atoms with E-state index in [0.29, 0.717) is 24.9 Å². The van der Waals surface area contributed by atoms with E-state index in [0.717, 1.165) is 26.1 Å². The van der Waals surface area contributed by atoms with Gasteiger partial charge in [0.25, 0.3) is 0 Å². The van der Waals surface area contributed by atoms with Crippen molar-refractivity contribution in [2.24, 2.45) is 5.73 Å². The highest BCUT2D eigenvalue weighted by Gasteiger charge is 2.34. The van der Waals surface area contributed by atoms with Gasteiger partial charge in [-0.25, -0.2) is 0 Å². The number of hydrogen-bond acceptors (Lipinski definition) is 3. The van der Waals surface area contributed by atoms with E-state index < -0.39 is 0 Å². The maximum Gasteiger partial charge on any atom is 0.224 e. The van der Waals surface area contributed by atoms with Gasteiger partial charge in [-0.1, -0.05) is 6.92 Å². The van der Waals surface area contributed by atoms with Crippen LogP contribution in [0, 0.1) is 0 Å². The average molecular weight is 253 g/mol. The fraction of sp³-hybridized carbons (Fsp3) is 0.929. The molecule has 1 unspecified atom stereocenters. The summed E-state index contributed by atoms with van der Waals surface area (Å²) in [4.78, 5) is 16.7. The normalized spacial score (nSPS) is 21.6. The highest BCUT2D eigenvalue weighted by molar-refractivity contribution is 5.77. The van der Waals surface area contributed by atoms with Crippen LogP contribution in [-0.2, 0) is 4.79 Å². The third kappa shape index (κ3) is 3.45. The van der Waals surface area contributed by atoms with Crippen molar-refractivity contribution in [2.45, 2.75) is 57.5 Å². The Morgan fingerprint density at radius 3 is 2.56 bits per heavy atom. The minimum Gasteiger partial charge on any atom is -0.343 e. The van der Waals surface area contributed by atoms with Gasteiger partial charge in [0.1, 0.15) is 0 Å². The van der Waals surface area contributed by atoms with Crippen molar-refractivity contribution < 1.29 is 4.79 Å². The molecule has 4 nitrogen and oxygen atoms in total. The fourth-order valence-corrected chi connectivity index (χ4v) is 2.96. The Labute approximate surface area is 110 Å². The average Bonchev–Trinajstić information content (AvgIpc) is 3.06. The van der Waals surface area contributed by atoms with Crippen LogP contribution in [0.25, 0.3) is 0 Å². The van der Waals surface area contributed by atoms with E-state index in [4.69, 9.17) is 5.73 Å². The van der Waals surface area contributed by atoms with Crippen LogP contribution < -0.4 is 5.73 Å². The molecule has 2 rings (SSSR count). The molecule has 1 atom stereocenters. The van der Waals surface area contributed by atoms with E-state index in [1.807, 2.05) is 4.90 Å². The van der Waals surface area contributed by atoms with Crippen molar-refractivity contribution in [2.75, 3.05) is 26.2 Å². The number of nitrogens with zero attached hydrogens (tertiary/aromatic N) is 2. The van der Waals surface area contributed by atoms with Gasteiger partial charge in [0.15, 0.2) is 0 Å². The van der Waals surface area contributed by atoms with E-state index in [9.17, 15) is 4.79 Å². The molecule has 1 saturated carbocycles.